The summed E-state index contributed by atoms with van der Waals surface area (Å²) in [7, 11) is 0. The van der Waals surface area contributed by atoms with Crippen LogP contribution in [0.4, 0.5) is 11.4 Å². The summed E-state index contributed by atoms with van der Waals surface area (Å²) in [6.07, 6.45) is 0. The molecule has 2 aromatic rings. The normalized spacial score (nSPS) is 16.7. The van der Waals surface area contributed by atoms with Gasteiger partial charge in [-0.3, -0.25) is 0 Å². The Morgan fingerprint density at radius 2 is 1.89 bits per heavy atom. The first kappa shape index (κ1) is 17.3. The fourth-order valence-corrected chi connectivity index (χ4v) is 4.12. The zero-order valence-corrected chi connectivity index (χ0v) is 16.7. The SMILES string of the molecule is CCN1CCOc2cc3c(cc21)Oc1cc2c(cc1=N3)OCC[N+]=2CC(C)C. The molecule has 0 atom stereocenters. The molecule has 6 heteroatoms. The number of likely N-dealkylation sites (N-methyl/N-ethyl adjacent to an activating group) is 1. The molecule has 0 bridgehead atoms. The minimum Gasteiger partial charge on any atom is -0.489 e. The van der Waals surface area contributed by atoms with E-state index < -0.39 is 0 Å². The fraction of sp³-hybridized carbons (Fsp3) is 0.455. The van der Waals surface area contributed by atoms with Crippen LogP contribution in [-0.4, -0.2) is 39.4 Å². The molecule has 0 amide bonds. The second kappa shape index (κ2) is 6.69. The van der Waals surface area contributed by atoms with Crippen molar-refractivity contribution in [2.45, 2.75) is 20.8 Å². The Kier molecular flexibility index (Phi) is 4.14. The average Bonchev–Trinajstić information content (AvgIpc) is 2.68. The summed E-state index contributed by atoms with van der Waals surface area (Å²) in [6, 6.07) is 8.12. The highest BCUT2D eigenvalue weighted by Gasteiger charge is 2.25. The molecule has 0 saturated heterocycles. The van der Waals surface area contributed by atoms with E-state index in [1.54, 1.807) is 0 Å². The van der Waals surface area contributed by atoms with Gasteiger partial charge in [-0.1, -0.05) is 13.8 Å². The maximum atomic E-state index is 6.30. The minimum absolute atomic E-state index is 0.583. The monoisotopic (exact) mass is 380 g/mol. The summed E-state index contributed by atoms with van der Waals surface area (Å²) in [5.74, 6) is 3.90. The van der Waals surface area contributed by atoms with Gasteiger partial charge in [0.25, 0.3) is 0 Å². The second-order valence-electron chi connectivity index (χ2n) is 7.91. The third-order valence-electron chi connectivity index (χ3n) is 5.43. The van der Waals surface area contributed by atoms with E-state index in [1.165, 1.54) is 0 Å². The van der Waals surface area contributed by atoms with Crippen molar-refractivity contribution < 1.29 is 14.2 Å². The van der Waals surface area contributed by atoms with Crippen LogP contribution in [0.1, 0.15) is 20.8 Å². The molecule has 2 aromatic carbocycles. The molecule has 3 aliphatic heterocycles. The van der Waals surface area contributed by atoms with Gasteiger partial charge >= 0.3 is 0 Å². The Morgan fingerprint density at radius 1 is 1.04 bits per heavy atom. The zero-order valence-electron chi connectivity index (χ0n) is 16.7. The first-order valence-electron chi connectivity index (χ1n) is 10.1. The maximum absolute atomic E-state index is 6.30. The van der Waals surface area contributed by atoms with Crippen molar-refractivity contribution in [3.8, 4) is 23.0 Å². The zero-order chi connectivity index (χ0) is 19.3. The molecular weight excluding hydrogens is 354 g/mol. The molecule has 0 aromatic heterocycles. The summed E-state index contributed by atoms with van der Waals surface area (Å²) in [5, 5.41) is 1.90. The quantitative estimate of drug-likeness (QED) is 0.655. The van der Waals surface area contributed by atoms with Crippen molar-refractivity contribution in [1.82, 2.24) is 4.58 Å². The van der Waals surface area contributed by atoms with Crippen LogP contribution in [0, 0.1) is 5.92 Å². The predicted octanol–water partition coefficient (Wildman–Crippen LogP) is 2.50. The lowest BCUT2D eigenvalue weighted by Crippen LogP contribution is -2.41. The standard InChI is InChI=1S/C22H26N3O3/c1-4-24-5-7-26-21-9-15-19(11-17(21)24)28-20-12-18-22(10-16(20)23-15)27-8-6-25(18)13-14(2)3/h9-12,14H,4-8,13H2,1-3H3/q+1. The van der Waals surface area contributed by atoms with Gasteiger partial charge in [0.2, 0.25) is 5.36 Å². The van der Waals surface area contributed by atoms with E-state index in [1.807, 2.05) is 12.1 Å². The number of fused-ring (bicyclic) bond motifs is 4. The van der Waals surface area contributed by atoms with Crippen molar-refractivity contribution in [3.63, 3.8) is 0 Å². The molecule has 0 aliphatic carbocycles. The molecule has 0 saturated carbocycles. The lowest BCUT2D eigenvalue weighted by molar-refractivity contribution is 0.264. The Balaban J connectivity index is 1.64. The van der Waals surface area contributed by atoms with Gasteiger partial charge in [-0.15, -0.1) is 0 Å². The van der Waals surface area contributed by atoms with Crippen LogP contribution in [0.2, 0.25) is 0 Å². The van der Waals surface area contributed by atoms with Crippen LogP contribution in [0.3, 0.4) is 0 Å². The highest BCUT2D eigenvalue weighted by Crippen LogP contribution is 2.44. The fourth-order valence-electron chi connectivity index (χ4n) is 4.12. The number of hydrogen-bond acceptors (Lipinski definition) is 5. The molecule has 146 valence electrons. The molecule has 3 heterocycles. The summed E-state index contributed by atoms with van der Waals surface area (Å²) in [5.41, 5.74) is 1.88. The van der Waals surface area contributed by atoms with Gasteiger partial charge < -0.3 is 19.1 Å². The first-order valence-corrected chi connectivity index (χ1v) is 10.1. The maximum Gasteiger partial charge on any atom is 0.246 e. The summed E-state index contributed by atoms with van der Waals surface area (Å²) >= 11 is 0. The van der Waals surface area contributed by atoms with Gasteiger partial charge in [-0.2, -0.15) is 0 Å². The van der Waals surface area contributed by atoms with Crippen molar-refractivity contribution in [2.24, 2.45) is 10.9 Å². The molecular formula is C22H26N3O3+. The molecule has 3 aliphatic rings. The van der Waals surface area contributed by atoms with Gasteiger partial charge in [0, 0.05) is 30.7 Å². The Labute approximate surface area is 164 Å². The van der Waals surface area contributed by atoms with E-state index >= 15 is 0 Å². The lowest BCUT2D eigenvalue weighted by atomic mass is 10.1. The third-order valence-corrected chi connectivity index (χ3v) is 5.43. The van der Waals surface area contributed by atoms with Crippen LogP contribution < -0.4 is 34.4 Å². The summed E-state index contributed by atoms with van der Waals surface area (Å²) < 4.78 is 20.5. The van der Waals surface area contributed by atoms with Gasteiger partial charge in [-0.05, 0) is 6.92 Å². The van der Waals surface area contributed by atoms with E-state index in [4.69, 9.17) is 19.2 Å². The van der Waals surface area contributed by atoms with Crippen LogP contribution in [0.25, 0.3) is 0 Å². The van der Waals surface area contributed by atoms with E-state index in [0.717, 1.165) is 71.3 Å². The van der Waals surface area contributed by atoms with Gasteiger partial charge in [0.1, 0.15) is 36.6 Å². The Morgan fingerprint density at radius 3 is 2.71 bits per heavy atom. The number of anilines is 1. The predicted molar refractivity (Wildman–Crippen MR) is 108 cm³/mol. The Bertz CT molecular complexity index is 1060. The van der Waals surface area contributed by atoms with Crippen LogP contribution in [-0.2, 0) is 0 Å². The van der Waals surface area contributed by atoms with E-state index in [9.17, 15) is 0 Å². The van der Waals surface area contributed by atoms with Crippen molar-refractivity contribution in [2.75, 3.05) is 44.3 Å². The van der Waals surface area contributed by atoms with Gasteiger partial charge in [0.15, 0.2) is 23.8 Å². The van der Waals surface area contributed by atoms with Gasteiger partial charge in [0.05, 0.1) is 18.3 Å². The van der Waals surface area contributed by atoms with Crippen LogP contribution in [0.15, 0.2) is 29.3 Å². The highest BCUT2D eigenvalue weighted by atomic mass is 16.5. The first-order chi connectivity index (χ1) is 13.6. The van der Waals surface area contributed by atoms with Crippen LogP contribution >= 0.6 is 0 Å². The van der Waals surface area contributed by atoms with Crippen molar-refractivity contribution >= 4 is 11.4 Å². The summed E-state index contributed by atoms with van der Waals surface area (Å²) in [6.45, 7) is 11.8. The van der Waals surface area contributed by atoms with Crippen molar-refractivity contribution in [1.29, 1.82) is 0 Å². The second-order valence-corrected chi connectivity index (χ2v) is 7.91. The molecule has 5 rings (SSSR count). The summed E-state index contributed by atoms with van der Waals surface area (Å²) in [4.78, 5) is 7.15. The molecule has 28 heavy (non-hydrogen) atoms. The molecule has 6 nitrogen and oxygen atoms in total. The minimum atomic E-state index is 0.583. The largest absolute Gasteiger partial charge is 0.489 e. The van der Waals surface area contributed by atoms with Crippen LogP contribution in [0.5, 0.6) is 23.0 Å². The molecule has 0 radical (unpaired) electrons. The number of benzene rings is 2. The van der Waals surface area contributed by atoms with Crippen molar-refractivity contribution in [3.05, 3.63) is 35.0 Å². The molecule has 0 unspecified atom stereocenters. The number of ether oxygens (including phenoxy) is 3. The topological polar surface area (TPSA) is 46.3 Å². The molecule has 0 fully saturated rings. The highest BCUT2D eigenvalue weighted by molar-refractivity contribution is 5.72. The van der Waals surface area contributed by atoms with E-state index in [-0.39, 0.29) is 0 Å². The van der Waals surface area contributed by atoms with E-state index in [0.29, 0.717) is 19.1 Å². The number of nitrogens with zero attached hydrogens (tertiary/aromatic N) is 3. The molecule has 0 spiro atoms. The Hall–Kier alpha value is -2.76. The number of hydrogen-bond donors (Lipinski definition) is 0. The van der Waals surface area contributed by atoms with Gasteiger partial charge in [-0.25, -0.2) is 9.57 Å². The lowest BCUT2D eigenvalue weighted by Gasteiger charge is -2.31. The molecule has 0 N–H and O–H groups in total. The smallest absolute Gasteiger partial charge is 0.246 e. The average molecular weight is 380 g/mol. The third kappa shape index (κ3) is 2.87. The van der Waals surface area contributed by atoms with E-state index in [2.05, 4.69) is 42.4 Å². The number of rotatable bonds is 3.